The van der Waals surface area contributed by atoms with Crippen molar-refractivity contribution < 1.29 is 17.9 Å². The van der Waals surface area contributed by atoms with E-state index < -0.39 is 15.9 Å². The van der Waals surface area contributed by atoms with Crippen LogP contribution in [0.1, 0.15) is 36.0 Å². The highest BCUT2D eigenvalue weighted by molar-refractivity contribution is 7.89. The highest BCUT2D eigenvalue weighted by Crippen LogP contribution is 2.24. The third-order valence-corrected chi connectivity index (χ3v) is 8.66. The van der Waals surface area contributed by atoms with Crippen LogP contribution in [0.3, 0.4) is 0 Å². The number of amides is 1. The van der Waals surface area contributed by atoms with Gasteiger partial charge < -0.3 is 9.30 Å². The van der Waals surface area contributed by atoms with Crippen LogP contribution in [0.4, 0.5) is 0 Å². The first-order valence-corrected chi connectivity index (χ1v) is 13.2. The van der Waals surface area contributed by atoms with E-state index in [1.807, 2.05) is 22.8 Å². The van der Waals surface area contributed by atoms with Gasteiger partial charge in [-0.15, -0.1) is 6.58 Å². The summed E-state index contributed by atoms with van der Waals surface area (Å²) in [5.41, 5.74) is 1.27. The number of hydrogen-bond acceptors (Lipinski definition) is 5. The second kappa shape index (κ2) is 10.0. The Morgan fingerprint density at radius 2 is 1.82 bits per heavy atom. The Labute approximate surface area is 197 Å². The topological polar surface area (TPSA) is 81.0 Å². The molecule has 0 saturated carbocycles. The van der Waals surface area contributed by atoms with Gasteiger partial charge in [-0.1, -0.05) is 30.3 Å². The van der Waals surface area contributed by atoms with E-state index in [9.17, 15) is 13.2 Å². The lowest BCUT2D eigenvalue weighted by Gasteiger charge is -2.19. The molecule has 3 aromatic rings. The molecule has 0 N–H and O–H groups in total. The molecule has 0 unspecified atom stereocenters. The predicted molar refractivity (Wildman–Crippen MR) is 130 cm³/mol. The molecule has 0 radical (unpaired) electrons. The number of carbonyl (C=O) groups is 1. The molecule has 1 fully saturated rings. The molecule has 33 heavy (non-hydrogen) atoms. The van der Waals surface area contributed by atoms with Crippen molar-refractivity contribution in [2.45, 2.75) is 37.1 Å². The summed E-state index contributed by atoms with van der Waals surface area (Å²) in [7, 11) is -1.95. The maximum atomic E-state index is 13.0. The third kappa shape index (κ3) is 4.95. The summed E-state index contributed by atoms with van der Waals surface area (Å²) in [6, 6.07) is 11.8. The number of rotatable bonds is 6. The molecule has 2 aromatic carbocycles. The SMILES string of the molecule is C=CCn1c(=NC(=O)c2ccc(S(=O)(=O)N3CCCCCC3)cc2)sc2cc(OC)ccc21. The standard InChI is InChI=1S/C24H27N3O4S2/c1-3-14-27-21-13-10-19(31-2)17-22(21)32-24(27)25-23(28)18-8-11-20(12-9-18)33(29,30)26-15-6-4-5-7-16-26/h3,8-13,17H,1,4-7,14-16H2,2H3. The van der Waals surface area contributed by atoms with E-state index in [2.05, 4.69) is 11.6 Å². The largest absolute Gasteiger partial charge is 0.497 e. The maximum absolute atomic E-state index is 13.0. The van der Waals surface area contributed by atoms with Gasteiger partial charge in [-0.3, -0.25) is 4.79 Å². The van der Waals surface area contributed by atoms with E-state index in [1.165, 1.54) is 35.6 Å². The third-order valence-electron chi connectivity index (χ3n) is 5.70. The van der Waals surface area contributed by atoms with Crippen molar-refractivity contribution in [3.05, 3.63) is 65.5 Å². The zero-order valence-corrected chi connectivity index (χ0v) is 20.2. The molecule has 174 valence electrons. The van der Waals surface area contributed by atoms with Gasteiger partial charge in [0.1, 0.15) is 5.75 Å². The first-order valence-electron chi connectivity index (χ1n) is 10.9. The monoisotopic (exact) mass is 485 g/mol. The lowest BCUT2D eigenvalue weighted by Crippen LogP contribution is -2.31. The molecule has 1 aromatic heterocycles. The van der Waals surface area contributed by atoms with E-state index >= 15 is 0 Å². The molecule has 1 saturated heterocycles. The lowest BCUT2D eigenvalue weighted by molar-refractivity contribution is 0.0997. The molecule has 2 heterocycles. The fourth-order valence-electron chi connectivity index (χ4n) is 3.92. The van der Waals surface area contributed by atoms with Crippen LogP contribution in [-0.4, -0.2) is 43.4 Å². The summed E-state index contributed by atoms with van der Waals surface area (Å²) in [6.45, 7) is 5.39. The average molecular weight is 486 g/mol. The fraction of sp³-hybridized carbons (Fsp3) is 0.333. The maximum Gasteiger partial charge on any atom is 0.279 e. The minimum absolute atomic E-state index is 0.205. The fourth-order valence-corrected chi connectivity index (χ4v) is 6.51. The number of methoxy groups -OCH3 is 1. The number of thiazole rings is 1. The molecule has 0 bridgehead atoms. The Balaban J connectivity index is 1.64. The van der Waals surface area contributed by atoms with E-state index in [4.69, 9.17) is 4.74 Å². The normalized spacial score (nSPS) is 16.0. The lowest BCUT2D eigenvalue weighted by atomic mass is 10.2. The Bertz CT molecular complexity index is 1330. The number of carbonyl (C=O) groups excluding carboxylic acids is 1. The smallest absolute Gasteiger partial charge is 0.279 e. The second-order valence-electron chi connectivity index (χ2n) is 7.88. The minimum Gasteiger partial charge on any atom is -0.497 e. The van der Waals surface area contributed by atoms with Crippen LogP contribution in [0, 0.1) is 0 Å². The van der Waals surface area contributed by atoms with Crippen molar-refractivity contribution in [1.82, 2.24) is 8.87 Å². The molecule has 4 rings (SSSR count). The molecule has 0 atom stereocenters. The van der Waals surface area contributed by atoms with Crippen molar-refractivity contribution >= 4 is 37.5 Å². The van der Waals surface area contributed by atoms with Gasteiger partial charge in [0.25, 0.3) is 5.91 Å². The zero-order valence-electron chi connectivity index (χ0n) is 18.6. The first-order chi connectivity index (χ1) is 15.9. The van der Waals surface area contributed by atoms with Crippen LogP contribution in [-0.2, 0) is 16.6 Å². The van der Waals surface area contributed by atoms with Crippen LogP contribution < -0.4 is 9.54 Å². The van der Waals surface area contributed by atoms with Crippen molar-refractivity contribution in [3.63, 3.8) is 0 Å². The van der Waals surface area contributed by atoms with E-state index in [0.717, 1.165) is 41.6 Å². The summed E-state index contributed by atoms with van der Waals surface area (Å²) in [6.07, 6.45) is 5.61. The Kier molecular flexibility index (Phi) is 7.11. The molecule has 1 aliphatic rings. The average Bonchev–Trinajstić information content (AvgIpc) is 2.98. The van der Waals surface area contributed by atoms with Crippen molar-refractivity contribution in [2.24, 2.45) is 4.99 Å². The zero-order chi connectivity index (χ0) is 23.4. The van der Waals surface area contributed by atoms with Gasteiger partial charge in [0.15, 0.2) is 4.80 Å². The van der Waals surface area contributed by atoms with Gasteiger partial charge >= 0.3 is 0 Å². The van der Waals surface area contributed by atoms with Gasteiger partial charge in [0.05, 0.1) is 22.2 Å². The Morgan fingerprint density at radius 3 is 2.45 bits per heavy atom. The van der Waals surface area contributed by atoms with Crippen molar-refractivity contribution in [3.8, 4) is 5.75 Å². The molecule has 9 heteroatoms. The van der Waals surface area contributed by atoms with Gasteiger partial charge in [-0.2, -0.15) is 9.30 Å². The Morgan fingerprint density at radius 1 is 1.12 bits per heavy atom. The van der Waals surface area contributed by atoms with E-state index in [1.54, 1.807) is 17.5 Å². The summed E-state index contributed by atoms with van der Waals surface area (Å²) in [4.78, 5) is 18.0. The number of sulfonamides is 1. The number of ether oxygens (including phenoxy) is 1. The number of aromatic nitrogens is 1. The number of fused-ring (bicyclic) bond motifs is 1. The molecule has 1 amide bonds. The quantitative estimate of drug-likeness (QED) is 0.490. The van der Waals surface area contributed by atoms with Crippen molar-refractivity contribution in [1.29, 1.82) is 0 Å². The van der Waals surface area contributed by atoms with Crippen molar-refractivity contribution in [2.75, 3.05) is 20.2 Å². The van der Waals surface area contributed by atoms with Gasteiger partial charge in [0.2, 0.25) is 10.0 Å². The molecular weight excluding hydrogens is 458 g/mol. The van der Waals surface area contributed by atoms with Crippen LogP contribution in [0.5, 0.6) is 5.75 Å². The Hall–Kier alpha value is -2.75. The molecular formula is C24H27N3O4S2. The van der Waals surface area contributed by atoms with E-state index in [-0.39, 0.29) is 4.90 Å². The molecule has 1 aliphatic heterocycles. The minimum atomic E-state index is -3.56. The van der Waals surface area contributed by atoms with Gasteiger partial charge in [-0.25, -0.2) is 8.42 Å². The van der Waals surface area contributed by atoms with Gasteiger partial charge in [-0.05, 0) is 55.3 Å². The molecule has 0 spiro atoms. The van der Waals surface area contributed by atoms with Gasteiger partial charge in [0, 0.05) is 25.2 Å². The number of benzene rings is 2. The highest BCUT2D eigenvalue weighted by Gasteiger charge is 2.25. The predicted octanol–water partition coefficient (Wildman–Crippen LogP) is 4.20. The number of allylic oxidation sites excluding steroid dienone is 1. The van der Waals surface area contributed by atoms with E-state index in [0.29, 0.717) is 30.0 Å². The molecule has 7 nitrogen and oxygen atoms in total. The molecule has 0 aliphatic carbocycles. The first kappa shape index (κ1) is 23.4. The summed E-state index contributed by atoms with van der Waals surface area (Å²) >= 11 is 1.39. The summed E-state index contributed by atoms with van der Waals surface area (Å²) < 4.78 is 35.7. The number of hydrogen-bond donors (Lipinski definition) is 0. The second-order valence-corrected chi connectivity index (χ2v) is 10.8. The van der Waals surface area contributed by atoms with Crippen LogP contribution >= 0.6 is 11.3 Å². The van der Waals surface area contributed by atoms with Crippen LogP contribution in [0.25, 0.3) is 10.2 Å². The highest BCUT2D eigenvalue weighted by atomic mass is 32.2. The van der Waals surface area contributed by atoms with Crippen LogP contribution in [0.15, 0.2) is 65.0 Å². The number of nitrogens with zero attached hydrogens (tertiary/aromatic N) is 3. The summed E-state index contributed by atoms with van der Waals surface area (Å²) in [5, 5.41) is 0. The summed E-state index contributed by atoms with van der Waals surface area (Å²) in [5.74, 6) is 0.304. The van der Waals surface area contributed by atoms with Crippen LogP contribution in [0.2, 0.25) is 0 Å².